The van der Waals surface area contributed by atoms with Crippen molar-refractivity contribution >= 4 is 11.9 Å². The summed E-state index contributed by atoms with van der Waals surface area (Å²) in [6.45, 7) is 2.02. The molecule has 1 aliphatic carbocycles. The van der Waals surface area contributed by atoms with Gasteiger partial charge in [-0.05, 0) is 18.8 Å². The van der Waals surface area contributed by atoms with E-state index in [-0.39, 0.29) is 5.91 Å². The van der Waals surface area contributed by atoms with Gasteiger partial charge in [0.05, 0.1) is 0 Å². The van der Waals surface area contributed by atoms with Crippen molar-refractivity contribution in [2.45, 2.75) is 77.2 Å². The predicted octanol–water partition coefficient (Wildman–Crippen LogP) is 3.11. The number of nitrogens with one attached hydrogen (secondary N) is 1. The van der Waals surface area contributed by atoms with E-state index in [2.05, 4.69) is 5.32 Å². The standard InChI is InChI=1S/C15H27NO3/c1-2-3-9-13(15(18)19)16-14(17)11-10-12-7-5-4-6-8-12/h12-13H,2-11H2,1H3,(H,16,17)(H,18,19). The molecular weight excluding hydrogens is 242 g/mol. The summed E-state index contributed by atoms with van der Waals surface area (Å²) in [7, 11) is 0. The van der Waals surface area contributed by atoms with Crippen LogP contribution in [0.25, 0.3) is 0 Å². The Hall–Kier alpha value is -1.06. The highest BCUT2D eigenvalue weighted by atomic mass is 16.4. The van der Waals surface area contributed by atoms with Crippen LogP contribution >= 0.6 is 0 Å². The van der Waals surface area contributed by atoms with Crippen LogP contribution in [0.2, 0.25) is 0 Å². The fourth-order valence-corrected chi connectivity index (χ4v) is 2.74. The Kier molecular flexibility index (Phi) is 7.53. The van der Waals surface area contributed by atoms with Gasteiger partial charge >= 0.3 is 5.97 Å². The van der Waals surface area contributed by atoms with Gasteiger partial charge < -0.3 is 10.4 Å². The first kappa shape index (κ1) is 16.0. The first-order valence-corrected chi connectivity index (χ1v) is 7.65. The quantitative estimate of drug-likeness (QED) is 0.711. The number of carbonyl (C=O) groups excluding carboxylic acids is 1. The molecule has 0 bridgehead atoms. The molecule has 1 saturated carbocycles. The predicted molar refractivity (Wildman–Crippen MR) is 74.9 cm³/mol. The van der Waals surface area contributed by atoms with Crippen LogP contribution < -0.4 is 5.32 Å². The number of rotatable bonds is 8. The molecule has 1 unspecified atom stereocenters. The van der Waals surface area contributed by atoms with Crippen molar-refractivity contribution in [3.63, 3.8) is 0 Å². The zero-order valence-corrected chi connectivity index (χ0v) is 12.0. The first-order chi connectivity index (χ1) is 9.13. The number of amides is 1. The first-order valence-electron chi connectivity index (χ1n) is 7.65. The maximum absolute atomic E-state index is 11.8. The molecule has 1 rings (SSSR count). The van der Waals surface area contributed by atoms with Crippen molar-refractivity contribution in [2.75, 3.05) is 0 Å². The molecule has 0 aromatic carbocycles. The second-order valence-corrected chi connectivity index (χ2v) is 5.64. The van der Waals surface area contributed by atoms with Crippen molar-refractivity contribution in [1.29, 1.82) is 0 Å². The van der Waals surface area contributed by atoms with Crippen LogP contribution in [0.15, 0.2) is 0 Å². The third kappa shape index (κ3) is 6.60. The number of hydrogen-bond acceptors (Lipinski definition) is 2. The van der Waals surface area contributed by atoms with E-state index in [1.807, 2.05) is 6.92 Å². The molecule has 2 N–H and O–H groups in total. The van der Waals surface area contributed by atoms with E-state index < -0.39 is 12.0 Å². The normalized spacial score (nSPS) is 17.9. The van der Waals surface area contributed by atoms with Crippen LogP contribution in [0, 0.1) is 5.92 Å². The number of hydrogen-bond donors (Lipinski definition) is 2. The summed E-state index contributed by atoms with van der Waals surface area (Å²) in [4.78, 5) is 22.8. The Morgan fingerprint density at radius 2 is 1.95 bits per heavy atom. The summed E-state index contributed by atoms with van der Waals surface area (Å²) in [6.07, 6.45) is 10.0. The van der Waals surface area contributed by atoms with Crippen molar-refractivity contribution in [3.05, 3.63) is 0 Å². The Labute approximate surface area is 116 Å². The molecule has 0 aromatic rings. The van der Waals surface area contributed by atoms with Crippen molar-refractivity contribution in [3.8, 4) is 0 Å². The molecule has 0 spiro atoms. The van der Waals surface area contributed by atoms with Gasteiger partial charge in [-0.1, -0.05) is 51.9 Å². The molecule has 0 heterocycles. The van der Waals surface area contributed by atoms with E-state index in [0.717, 1.165) is 19.3 Å². The second-order valence-electron chi connectivity index (χ2n) is 5.64. The molecule has 0 radical (unpaired) electrons. The summed E-state index contributed by atoms with van der Waals surface area (Å²) in [5.74, 6) is -0.355. The minimum Gasteiger partial charge on any atom is -0.480 e. The third-order valence-electron chi connectivity index (χ3n) is 3.98. The van der Waals surface area contributed by atoms with Crippen molar-refractivity contribution in [2.24, 2.45) is 5.92 Å². The molecule has 1 atom stereocenters. The zero-order valence-electron chi connectivity index (χ0n) is 12.0. The molecule has 0 saturated heterocycles. The summed E-state index contributed by atoms with van der Waals surface area (Å²) in [5, 5.41) is 11.7. The molecule has 4 nitrogen and oxygen atoms in total. The van der Waals surface area contributed by atoms with Gasteiger partial charge in [-0.2, -0.15) is 0 Å². The Balaban J connectivity index is 2.25. The number of carbonyl (C=O) groups is 2. The van der Waals surface area contributed by atoms with Gasteiger partial charge in [0, 0.05) is 6.42 Å². The number of carboxylic acids is 1. The van der Waals surface area contributed by atoms with E-state index >= 15 is 0 Å². The lowest BCUT2D eigenvalue weighted by Crippen LogP contribution is -2.40. The summed E-state index contributed by atoms with van der Waals surface area (Å²) in [5.41, 5.74) is 0. The van der Waals surface area contributed by atoms with Crippen LogP contribution in [0.1, 0.15) is 71.1 Å². The largest absolute Gasteiger partial charge is 0.480 e. The topological polar surface area (TPSA) is 66.4 Å². The highest BCUT2D eigenvalue weighted by Crippen LogP contribution is 2.27. The molecule has 0 aromatic heterocycles. The molecular formula is C15H27NO3. The fraction of sp³-hybridized carbons (Fsp3) is 0.867. The van der Waals surface area contributed by atoms with Gasteiger partial charge in [0.25, 0.3) is 0 Å². The van der Waals surface area contributed by atoms with Gasteiger partial charge in [-0.3, -0.25) is 4.79 Å². The average Bonchev–Trinajstić information content (AvgIpc) is 2.42. The lowest BCUT2D eigenvalue weighted by Gasteiger charge is -2.21. The minimum atomic E-state index is -0.917. The Morgan fingerprint density at radius 3 is 2.53 bits per heavy atom. The highest BCUT2D eigenvalue weighted by molar-refractivity contribution is 5.83. The van der Waals surface area contributed by atoms with Crippen LogP contribution in [-0.4, -0.2) is 23.0 Å². The lowest BCUT2D eigenvalue weighted by molar-refractivity contribution is -0.142. The van der Waals surface area contributed by atoms with Gasteiger partial charge in [0.15, 0.2) is 0 Å². The third-order valence-corrected chi connectivity index (χ3v) is 3.98. The fourth-order valence-electron chi connectivity index (χ4n) is 2.74. The van der Waals surface area contributed by atoms with Gasteiger partial charge in [0.2, 0.25) is 5.91 Å². The summed E-state index contributed by atoms with van der Waals surface area (Å²) in [6, 6.07) is -0.709. The maximum atomic E-state index is 11.8. The lowest BCUT2D eigenvalue weighted by atomic mass is 9.86. The van der Waals surface area contributed by atoms with E-state index in [4.69, 9.17) is 5.11 Å². The number of unbranched alkanes of at least 4 members (excludes halogenated alkanes) is 1. The number of aliphatic carboxylic acids is 1. The summed E-state index contributed by atoms with van der Waals surface area (Å²) >= 11 is 0. The van der Waals surface area contributed by atoms with E-state index in [1.54, 1.807) is 0 Å². The Bertz CT molecular complexity index is 285. The van der Waals surface area contributed by atoms with Gasteiger partial charge in [-0.15, -0.1) is 0 Å². The van der Waals surface area contributed by atoms with Crippen LogP contribution in [-0.2, 0) is 9.59 Å². The van der Waals surface area contributed by atoms with Gasteiger partial charge in [-0.25, -0.2) is 4.79 Å². The van der Waals surface area contributed by atoms with Gasteiger partial charge in [0.1, 0.15) is 6.04 Å². The van der Waals surface area contributed by atoms with Crippen LogP contribution in [0.5, 0.6) is 0 Å². The molecule has 1 aliphatic rings. The van der Waals surface area contributed by atoms with Crippen molar-refractivity contribution < 1.29 is 14.7 Å². The van der Waals surface area contributed by atoms with Crippen LogP contribution in [0.3, 0.4) is 0 Å². The maximum Gasteiger partial charge on any atom is 0.326 e. The van der Waals surface area contributed by atoms with Crippen molar-refractivity contribution in [1.82, 2.24) is 5.32 Å². The highest BCUT2D eigenvalue weighted by Gasteiger charge is 2.20. The zero-order chi connectivity index (χ0) is 14.1. The molecule has 0 aliphatic heterocycles. The molecule has 1 amide bonds. The monoisotopic (exact) mass is 269 g/mol. The molecule has 4 heteroatoms. The van der Waals surface area contributed by atoms with E-state index in [9.17, 15) is 9.59 Å². The second kappa shape index (κ2) is 8.94. The SMILES string of the molecule is CCCCC(NC(=O)CCC1CCCCC1)C(=O)O. The molecule has 110 valence electrons. The molecule has 19 heavy (non-hydrogen) atoms. The summed E-state index contributed by atoms with van der Waals surface area (Å²) < 4.78 is 0. The Morgan fingerprint density at radius 1 is 1.26 bits per heavy atom. The van der Waals surface area contributed by atoms with Crippen LogP contribution in [0.4, 0.5) is 0 Å². The smallest absolute Gasteiger partial charge is 0.326 e. The molecule has 1 fully saturated rings. The van der Waals surface area contributed by atoms with E-state index in [0.29, 0.717) is 18.8 Å². The minimum absolute atomic E-state index is 0.103. The average molecular weight is 269 g/mol. The van der Waals surface area contributed by atoms with E-state index in [1.165, 1.54) is 32.1 Å². The number of carboxylic acid groups (broad SMARTS) is 1.